The molecule has 0 bridgehead atoms. The standard InChI is InChI=1S/C48H57ClN8O6S/c1-4-19-54-20-15-33(16-21-54)30-51-43-12-10-40(28-44(43)57(59)60)64(61,62)53-47(58)41-11-9-38(27-45(41)63-39-26-35-14-18-50-46(35)52-31-39)56-24-22-55(23-25-56)32-36-13-17-48(2,3)29-42(36)34-5-7-37(49)8-6-34/h5-12,14,18,26-28,31,33,51H,4,13,15-17,19-25,29-30,32H2,1-3H3,(H,50,52)(H,53,58). The number of amides is 1. The van der Waals surface area contributed by atoms with Crippen LogP contribution in [0.4, 0.5) is 17.1 Å². The lowest BCUT2D eigenvalue weighted by molar-refractivity contribution is -0.384. The minimum atomic E-state index is -4.55. The largest absolute Gasteiger partial charge is 0.455 e. The van der Waals surface area contributed by atoms with Gasteiger partial charge in [0.25, 0.3) is 21.6 Å². The highest BCUT2D eigenvalue weighted by molar-refractivity contribution is 7.90. The summed E-state index contributed by atoms with van der Waals surface area (Å²) in [5.74, 6) is -0.105. The van der Waals surface area contributed by atoms with Crippen molar-refractivity contribution in [2.45, 2.75) is 64.2 Å². The smallest absolute Gasteiger partial charge is 0.293 e. The molecule has 14 nitrogen and oxygen atoms in total. The molecule has 4 heterocycles. The number of carbonyl (C=O) groups is 1. The maximum atomic E-state index is 14.0. The normalized spacial score (nSPS) is 17.7. The van der Waals surface area contributed by atoms with Crippen molar-refractivity contribution < 1.29 is 22.9 Å². The Labute approximate surface area is 380 Å². The average Bonchev–Trinajstić information content (AvgIpc) is 3.75. The zero-order valence-electron chi connectivity index (χ0n) is 36.7. The Kier molecular flexibility index (Phi) is 13.6. The lowest BCUT2D eigenvalue weighted by Crippen LogP contribution is -2.47. The van der Waals surface area contributed by atoms with E-state index in [4.69, 9.17) is 16.3 Å². The van der Waals surface area contributed by atoms with Crippen LogP contribution in [0, 0.1) is 21.4 Å². The zero-order valence-corrected chi connectivity index (χ0v) is 38.3. The number of pyridine rings is 1. The number of rotatable bonds is 15. The number of hydrogen-bond donors (Lipinski definition) is 3. The number of sulfonamides is 1. The van der Waals surface area contributed by atoms with Crippen LogP contribution in [0.15, 0.2) is 95.7 Å². The lowest BCUT2D eigenvalue weighted by atomic mass is 9.72. The summed E-state index contributed by atoms with van der Waals surface area (Å²) >= 11 is 6.25. The van der Waals surface area contributed by atoms with E-state index < -0.39 is 25.7 Å². The van der Waals surface area contributed by atoms with Gasteiger partial charge in [0.1, 0.15) is 22.8 Å². The fourth-order valence-corrected chi connectivity index (χ4v) is 10.3. The number of ether oxygens (including phenoxy) is 1. The number of fused-ring (bicyclic) bond motifs is 1. The number of nitro benzene ring substituents is 1. The molecule has 0 unspecified atom stereocenters. The van der Waals surface area contributed by atoms with E-state index in [9.17, 15) is 23.3 Å². The number of hydrogen-bond acceptors (Lipinski definition) is 11. The molecule has 338 valence electrons. The minimum Gasteiger partial charge on any atom is -0.455 e. The van der Waals surface area contributed by atoms with Crippen molar-refractivity contribution in [3.63, 3.8) is 0 Å². The fraction of sp³-hybridized carbons (Fsp3) is 0.417. The molecule has 5 aromatic rings. The van der Waals surface area contributed by atoms with E-state index in [-0.39, 0.29) is 28.1 Å². The fourth-order valence-electron chi connectivity index (χ4n) is 9.18. The third-order valence-electron chi connectivity index (χ3n) is 12.9. The van der Waals surface area contributed by atoms with E-state index in [0.29, 0.717) is 23.9 Å². The molecule has 3 N–H and O–H groups in total. The van der Waals surface area contributed by atoms with E-state index in [1.54, 1.807) is 30.5 Å². The summed E-state index contributed by atoms with van der Waals surface area (Å²) in [6, 6.07) is 20.6. The van der Waals surface area contributed by atoms with Crippen LogP contribution in [0.5, 0.6) is 11.5 Å². The zero-order chi connectivity index (χ0) is 45.0. The quantitative estimate of drug-likeness (QED) is 0.0677. The summed E-state index contributed by atoms with van der Waals surface area (Å²) in [5, 5.41) is 16.9. The summed E-state index contributed by atoms with van der Waals surface area (Å²) in [4.78, 5) is 39.8. The molecule has 16 heteroatoms. The molecule has 2 fully saturated rings. The molecule has 2 aliphatic heterocycles. The predicted molar refractivity (Wildman–Crippen MR) is 253 cm³/mol. The highest BCUT2D eigenvalue weighted by Crippen LogP contribution is 2.43. The molecule has 1 aliphatic carbocycles. The first-order chi connectivity index (χ1) is 30.7. The number of likely N-dealkylation sites (tertiary alicyclic amines) is 1. The topological polar surface area (TPSA) is 166 Å². The monoisotopic (exact) mass is 908 g/mol. The number of allylic oxidation sites excluding steroid dienone is 1. The van der Waals surface area contributed by atoms with E-state index in [0.717, 1.165) is 113 Å². The predicted octanol–water partition coefficient (Wildman–Crippen LogP) is 9.36. The molecule has 8 rings (SSSR count). The van der Waals surface area contributed by atoms with Gasteiger partial charge in [0.05, 0.1) is 21.6 Å². The molecular weight excluding hydrogens is 852 g/mol. The van der Waals surface area contributed by atoms with Crippen molar-refractivity contribution in [3.05, 3.63) is 117 Å². The Morgan fingerprint density at radius 3 is 2.48 bits per heavy atom. The van der Waals surface area contributed by atoms with Gasteiger partial charge >= 0.3 is 0 Å². The number of benzene rings is 3. The Balaban J connectivity index is 0.983. The molecule has 3 aromatic carbocycles. The van der Waals surface area contributed by atoms with Crippen molar-refractivity contribution in [2.75, 3.05) is 69.1 Å². The van der Waals surface area contributed by atoms with Crippen LogP contribution in [0.3, 0.4) is 0 Å². The third kappa shape index (κ3) is 10.7. The van der Waals surface area contributed by atoms with E-state index in [1.165, 1.54) is 35.0 Å². The van der Waals surface area contributed by atoms with Gasteiger partial charge in [0.2, 0.25) is 0 Å². The summed E-state index contributed by atoms with van der Waals surface area (Å²) in [7, 11) is -4.55. The van der Waals surface area contributed by atoms with E-state index in [1.807, 2.05) is 18.2 Å². The number of piperazine rings is 1. The van der Waals surface area contributed by atoms with E-state index >= 15 is 0 Å². The van der Waals surface area contributed by atoms with E-state index in [2.05, 4.69) is 67.6 Å². The van der Waals surface area contributed by atoms with Gasteiger partial charge in [-0.25, -0.2) is 18.1 Å². The lowest BCUT2D eigenvalue weighted by Gasteiger charge is -2.39. The molecular formula is C48H57ClN8O6S. The Hall–Kier alpha value is -5.48. The van der Waals surface area contributed by atoms with Crippen LogP contribution >= 0.6 is 11.6 Å². The van der Waals surface area contributed by atoms with Crippen molar-refractivity contribution in [2.24, 2.45) is 11.3 Å². The first kappa shape index (κ1) is 45.1. The number of carbonyl (C=O) groups excluding carboxylic acids is 1. The third-order valence-corrected chi connectivity index (χ3v) is 14.5. The second kappa shape index (κ2) is 19.3. The number of aromatic nitrogens is 2. The number of anilines is 2. The second-order valence-corrected chi connectivity index (χ2v) is 20.2. The Morgan fingerprint density at radius 2 is 1.75 bits per heavy atom. The van der Waals surface area contributed by atoms with Crippen molar-refractivity contribution in [1.82, 2.24) is 24.5 Å². The van der Waals surface area contributed by atoms with Gasteiger partial charge in [-0.05, 0) is 129 Å². The molecule has 0 spiro atoms. The van der Waals surface area contributed by atoms with Crippen LogP contribution in [0.2, 0.25) is 5.02 Å². The number of aromatic amines is 1. The minimum absolute atomic E-state index is 0.0280. The van der Waals surface area contributed by atoms with Gasteiger partial charge in [0.15, 0.2) is 0 Å². The van der Waals surface area contributed by atoms with Crippen LogP contribution in [0.1, 0.15) is 75.2 Å². The first-order valence-corrected chi connectivity index (χ1v) is 24.1. The number of H-pyrrole nitrogens is 1. The van der Waals surface area contributed by atoms with Gasteiger partial charge in [-0.15, -0.1) is 0 Å². The number of nitrogens with zero attached hydrogens (tertiary/aromatic N) is 5. The van der Waals surface area contributed by atoms with Gasteiger partial charge in [-0.1, -0.05) is 50.1 Å². The van der Waals surface area contributed by atoms with Crippen molar-refractivity contribution in [1.29, 1.82) is 0 Å². The molecule has 0 saturated carbocycles. The summed E-state index contributed by atoms with van der Waals surface area (Å²) in [5.41, 5.74) is 5.64. The van der Waals surface area contributed by atoms with Gasteiger partial charge in [0, 0.05) is 73.7 Å². The van der Waals surface area contributed by atoms with Crippen LogP contribution < -0.4 is 19.7 Å². The number of halogens is 1. The van der Waals surface area contributed by atoms with Crippen LogP contribution in [-0.2, 0) is 10.0 Å². The summed E-state index contributed by atoms with van der Waals surface area (Å²) in [6.45, 7) is 14.4. The van der Waals surface area contributed by atoms with Gasteiger partial charge in [-0.3, -0.25) is 19.8 Å². The number of nitro groups is 1. The number of nitrogens with one attached hydrogen (secondary N) is 3. The summed E-state index contributed by atoms with van der Waals surface area (Å²) in [6.07, 6.45) is 9.55. The maximum Gasteiger partial charge on any atom is 0.293 e. The van der Waals surface area contributed by atoms with Gasteiger partial charge < -0.3 is 24.8 Å². The van der Waals surface area contributed by atoms with Gasteiger partial charge in [-0.2, -0.15) is 0 Å². The van der Waals surface area contributed by atoms with Crippen LogP contribution in [-0.4, -0.2) is 97.9 Å². The molecule has 2 saturated heterocycles. The van der Waals surface area contributed by atoms with Crippen molar-refractivity contribution in [3.8, 4) is 11.5 Å². The summed E-state index contributed by atoms with van der Waals surface area (Å²) < 4.78 is 36.0. The Morgan fingerprint density at radius 1 is 0.984 bits per heavy atom. The highest BCUT2D eigenvalue weighted by Gasteiger charge is 2.31. The number of piperidine rings is 1. The SMILES string of the molecule is CCCN1CCC(CNc2ccc(S(=O)(=O)NC(=O)c3ccc(N4CCN(CC5=C(c6ccc(Cl)cc6)CC(C)(C)CC5)CC4)cc3Oc3cnc4[nH]ccc4c3)cc2[N+](=O)[O-])CC1. The first-order valence-electron chi connectivity index (χ1n) is 22.2. The van der Waals surface area contributed by atoms with Crippen molar-refractivity contribution >= 4 is 61.2 Å². The molecule has 1 amide bonds. The average molecular weight is 910 g/mol. The highest BCUT2D eigenvalue weighted by atomic mass is 35.5. The molecule has 2 aromatic heterocycles. The maximum absolute atomic E-state index is 14.0. The van der Waals surface area contributed by atoms with Crippen LogP contribution in [0.25, 0.3) is 16.6 Å². The molecule has 0 atom stereocenters. The molecule has 3 aliphatic rings. The molecule has 64 heavy (non-hydrogen) atoms. The Bertz CT molecular complexity index is 2630. The second-order valence-electron chi connectivity index (χ2n) is 18.1. The molecule has 0 radical (unpaired) electrons.